The Morgan fingerprint density at radius 3 is 1.67 bits per heavy atom. The van der Waals surface area contributed by atoms with Gasteiger partial charge in [-0.1, -0.05) is 41.5 Å². The van der Waals surface area contributed by atoms with E-state index in [1.165, 1.54) is 0 Å². The lowest BCUT2D eigenvalue weighted by Crippen LogP contribution is -2.66. The molecule has 0 aliphatic heterocycles. The predicted octanol–water partition coefficient (Wildman–Crippen LogP) is 2.31. The molecule has 7 nitrogen and oxygen atoms in total. The third-order valence-corrected chi connectivity index (χ3v) is 3.88. The van der Waals surface area contributed by atoms with E-state index in [1.807, 2.05) is 41.5 Å². The molecular weight excluding hydrogens is 276 g/mol. The van der Waals surface area contributed by atoms with Crippen LogP contribution in [0, 0.1) is 10.8 Å². The summed E-state index contributed by atoms with van der Waals surface area (Å²) >= 11 is 0. The molecule has 0 aliphatic rings. The SMILES string of the molecule is CC(C)(C)C(C[C@@H](C=O)NC(=O)O)(NC(=O)O)C(C)(C)C. The van der Waals surface area contributed by atoms with Gasteiger partial charge in [0.25, 0.3) is 0 Å². The van der Waals surface area contributed by atoms with Crippen LogP contribution in [0.2, 0.25) is 0 Å². The lowest BCUT2D eigenvalue weighted by atomic mass is 9.57. The first-order valence-corrected chi connectivity index (χ1v) is 6.72. The van der Waals surface area contributed by atoms with Crippen molar-refractivity contribution in [3.05, 3.63) is 0 Å². The summed E-state index contributed by atoms with van der Waals surface area (Å²) in [7, 11) is 0. The first-order chi connectivity index (χ1) is 9.26. The van der Waals surface area contributed by atoms with E-state index in [0.717, 1.165) is 0 Å². The van der Waals surface area contributed by atoms with Crippen LogP contribution < -0.4 is 10.6 Å². The number of nitrogens with one attached hydrogen (secondary N) is 2. The molecule has 0 aromatic carbocycles. The molecule has 0 unspecified atom stereocenters. The molecule has 1 atom stereocenters. The summed E-state index contributed by atoms with van der Waals surface area (Å²) in [6.45, 7) is 11.1. The van der Waals surface area contributed by atoms with Gasteiger partial charge in [-0.15, -0.1) is 0 Å². The molecule has 4 N–H and O–H groups in total. The Kier molecular flexibility index (Phi) is 5.78. The Morgan fingerprint density at radius 2 is 1.43 bits per heavy atom. The van der Waals surface area contributed by atoms with Crippen molar-refractivity contribution in [2.24, 2.45) is 10.8 Å². The largest absolute Gasteiger partial charge is 0.465 e. The summed E-state index contributed by atoms with van der Waals surface area (Å²) in [6, 6.07) is -0.993. The van der Waals surface area contributed by atoms with Crippen molar-refractivity contribution in [3.8, 4) is 0 Å². The van der Waals surface area contributed by atoms with Gasteiger partial charge in [0.1, 0.15) is 6.29 Å². The number of carboxylic acid groups (broad SMARTS) is 2. The van der Waals surface area contributed by atoms with E-state index in [-0.39, 0.29) is 6.42 Å². The molecule has 0 aliphatic carbocycles. The topological polar surface area (TPSA) is 116 Å². The summed E-state index contributed by atoms with van der Waals surface area (Å²) in [4.78, 5) is 33.2. The van der Waals surface area contributed by atoms with Crippen molar-refractivity contribution in [3.63, 3.8) is 0 Å². The van der Waals surface area contributed by atoms with E-state index in [9.17, 15) is 19.5 Å². The third-order valence-electron chi connectivity index (χ3n) is 3.88. The number of amides is 2. The maximum Gasteiger partial charge on any atom is 0.405 e. The summed E-state index contributed by atoms with van der Waals surface area (Å²) in [5, 5.41) is 22.7. The second-order valence-electron chi connectivity index (χ2n) is 7.23. The first kappa shape index (κ1) is 19.2. The molecule has 7 heteroatoms. The quantitative estimate of drug-likeness (QED) is 0.582. The standard InChI is InChI=1S/C14H26N2O5/c1-12(2,3)14(13(4,5)6,16-11(20)21)7-9(8-17)15-10(18)19/h8-9,15-16H,7H2,1-6H3,(H,18,19)(H,20,21)/t9-/m0/s1. The monoisotopic (exact) mass is 302 g/mol. The van der Waals surface area contributed by atoms with Crippen LogP contribution in [0.4, 0.5) is 9.59 Å². The Balaban J connectivity index is 5.82. The maximum atomic E-state index is 11.3. The zero-order chi connectivity index (χ0) is 17.1. The second kappa shape index (κ2) is 6.32. The minimum absolute atomic E-state index is 0.0299. The smallest absolute Gasteiger partial charge is 0.405 e. The minimum Gasteiger partial charge on any atom is -0.465 e. The average Bonchev–Trinajstić information content (AvgIpc) is 2.22. The average molecular weight is 302 g/mol. The van der Waals surface area contributed by atoms with Gasteiger partial charge in [-0.25, -0.2) is 9.59 Å². The molecule has 0 radical (unpaired) electrons. The van der Waals surface area contributed by atoms with Crippen molar-refractivity contribution >= 4 is 18.5 Å². The van der Waals surface area contributed by atoms with Crippen LogP contribution in [-0.2, 0) is 4.79 Å². The molecule has 0 aromatic heterocycles. The van der Waals surface area contributed by atoms with Gasteiger partial charge in [0.15, 0.2) is 0 Å². The summed E-state index contributed by atoms with van der Waals surface area (Å²) in [5.74, 6) is 0. The van der Waals surface area contributed by atoms with Gasteiger partial charge in [-0.3, -0.25) is 0 Å². The summed E-state index contributed by atoms with van der Waals surface area (Å²) in [5.41, 5.74) is -2.07. The molecule has 0 spiro atoms. The molecule has 0 heterocycles. The molecule has 0 rings (SSSR count). The number of rotatable bonds is 5. The van der Waals surface area contributed by atoms with Gasteiger partial charge in [-0.2, -0.15) is 0 Å². The maximum absolute atomic E-state index is 11.3. The van der Waals surface area contributed by atoms with E-state index < -0.39 is 34.6 Å². The predicted molar refractivity (Wildman–Crippen MR) is 78.4 cm³/mol. The third kappa shape index (κ3) is 4.61. The lowest BCUT2D eigenvalue weighted by molar-refractivity contribution is -0.111. The Bertz CT molecular complexity index is 393. The highest BCUT2D eigenvalue weighted by Gasteiger charge is 2.52. The highest BCUT2D eigenvalue weighted by Crippen LogP contribution is 2.46. The van der Waals surface area contributed by atoms with Crippen molar-refractivity contribution in [1.82, 2.24) is 10.6 Å². The Hall–Kier alpha value is -1.79. The molecule has 0 fully saturated rings. The van der Waals surface area contributed by atoms with Gasteiger partial charge in [0.05, 0.1) is 11.6 Å². The van der Waals surface area contributed by atoms with Crippen LogP contribution >= 0.6 is 0 Å². The highest BCUT2D eigenvalue weighted by molar-refractivity contribution is 5.72. The zero-order valence-electron chi connectivity index (χ0n) is 13.5. The van der Waals surface area contributed by atoms with Crippen molar-refractivity contribution < 1.29 is 24.6 Å². The van der Waals surface area contributed by atoms with Crippen LogP contribution in [0.5, 0.6) is 0 Å². The van der Waals surface area contributed by atoms with Crippen LogP contribution in [-0.4, -0.2) is 40.3 Å². The van der Waals surface area contributed by atoms with Crippen LogP contribution in [0.15, 0.2) is 0 Å². The molecule has 122 valence electrons. The van der Waals surface area contributed by atoms with Crippen molar-refractivity contribution in [2.75, 3.05) is 0 Å². The molecule has 0 saturated heterocycles. The number of carbonyl (C=O) groups is 3. The van der Waals surface area contributed by atoms with Gasteiger partial charge < -0.3 is 25.6 Å². The van der Waals surface area contributed by atoms with Gasteiger partial charge in [0.2, 0.25) is 0 Å². The van der Waals surface area contributed by atoms with E-state index in [0.29, 0.717) is 6.29 Å². The molecule has 21 heavy (non-hydrogen) atoms. The number of hydrogen-bond donors (Lipinski definition) is 4. The van der Waals surface area contributed by atoms with Crippen LogP contribution in [0.25, 0.3) is 0 Å². The Labute approximate surface area is 125 Å². The minimum atomic E-state index is -1.32. The molecule has 0 saturated carbocycles. The van der Waals surface area contributed by atoms with Gasteiger partial charge >= 0.3 is 12.2 Å². The Morgan fingerprint density at radius 1 is 1.00 bits per heavy atom. The number of hydrogen-bond acceptors (Lipinski definition) is 3. The number of aldehydes is 1. The van der Waals surface area contributed by atoms with Crippen LogP contribution in [0.3, 0.4) is 0 Å². The molecule has 0 bridgehead atoms. The highest BCUT2D eigenvalue weighted by atomic mass is 16.4. The fourth-order valence-electron chi connectivity index (χ4n) is 2.97. The number of carbonyl (C=O) groups excluding carboxylic acids is 1. The normalized spacial score (nSPS) is 14.2. The molecular formula is C14H26N2O5. The first-order valence-electron chi connectivity index (χ1n) is 6.72. The molecule has 2 amide bonds. The van der Waals surface area contributed by atoms with E-state index >= 15 is 0 Å². The van der Waals surface area contributed by atoms with Crippen molar-refractivity contribution in [2.45, 2.75) is 59.5 Å². The fourth-order valence-corrected chi connectivity index (χ4v) is 2.97. The van der Waals surface area contributed by atoms with Gasteiger partial charge in [0, 0.05) is 0 Å². The second-order valence-corrected chi connectivity index (χ2v) is 7.23. The van der Waals surface area contributed by atoms with Gasteiger partial charge in [-0.05, 0) is 17.3 Å². The van der Waals surface area contributed by atoms with E-state index in [4.69, 9.17) is 5.11 Å². The van der Waals surface area contributed by atoms with E-state index in [1.54, 1.807) is 0 Å². The fraction of sp³-hybridized carbons (Fsp3) is 0.786. The van der Waals surface area contributed by atoms with Crippen LogP contribution in [0.1, 0.15) is 48.0 Å². The zero-order valence-corrected chi connectivity index (χ0v) is 13.5. The van der Waals surface area contributed by atoms with Crippen molar-refractivity contribution in [1.29, 1.82) is 0 Å². The summed E-state index contributed by atoms with van der Waals surface area (Å²) < 4.78 is 0. The molecule has 0 aromatic rings. The lowest BCUT2D eigenvalue weighted by Gasteiger charge is -2.54. The summed E-state index contributed by atoms with van der Waals surface area (Å²) in [6.07, 6.45) is -2.01. The van der Waals surface area contributed by atoms with E-state index in [2.05, 4.69) is 10.6 Å².